The van der Waals surface area contributed by atoms with E-state index in [1.807, 2.05) is 0 Å². The summed E-state index contributed by atoms with van der Waals surface area (Å²) >= 11 is 0. The van der Waals surface area contributed by atoms with Gasteiger partial charge in [0.25, 0.3) is 0 Å². The van der Waals surface area contributed by atoms with Crippen LogP contribution >= 0.6 is 0 Å². The Morgan fingerprint density at radius 3 is 1.37 bits per heavy atom. The fourth-order valence-corrected chi connectivity index (χ4v) is 12.0. The standard InChI is InChI=1S/C58H47N/c1-55(2)44-25-12-11-23-43(44)53-49(55)30-18-31-51(53)59(36-33-34-41-37-19-7-13-26-45(37)56(3,4)57(5,6)50(41)35-36)52-32-17-24-42-40-22-10-16-29-48(40)58(54(42)52)46-27-14-8-20-38(46)39-21-9-15-28-47(39)58/h7-35H,1-6H3. The Labute approximate surface area is 348 Å². The van der Waals surface area contributed by atoms with Gasteiger partial charge in [-0.2, -0.15) is 0 Å². The van der Waals surface area contributed by atoms with Crippen LogP contribution in [0.2, 0.25) is 0 Å². The summed E-state index contributed by atoms with van der Waals surface area (Å²) in [5.41, 5.74) is 24.3. The molecule has 0 bridgehead atoms. The molecule has 0 saturated carbocycles. The molecular weight excluding hydrogens is 711 g/mol. The largest absolute Gasteiger partial charge is 0.309 e. The zero-order chi connectivity index (χ0) is 40.1. The highest BCUT2D eigenvalue weighted by atomic mass is 15.2. The number of rotatable bonds is 3. The molecule has 12 rings (SSSR count). The Morgan fingerprint density at radius 2 is 0.746 bits per heavy atom. The highest BCUT2D eigenvalue weighted by Gasteiger charge is 2.54. The van der Waals surface area contributed by atoms with Gasteiger partial charge in [-0.15, -0.1) is 0 Å². The first kappa shape index (κ1) is 34.6. The van der Waals surface area contributed by atoms with Gasteiger partial charge in [0.15, 0.2) is 0 Å². The lowest BCUT2D eigenvalue weighted by Crippen LogP contribution is -2.43. The summed E-state index contributed by atoms with van der Waals surface area (Å²) in [5.74, 6) is 0. The SMILES string of the molecule is CC1(C)c2ccccc2-c2c(N(c3ccc4c(c3)C(C)(C)C(C)(C)c3ccccc3-4)c3cccc4c3C3(c5ccccc5-c5ccccc53)c3ccccc3-4)cccc21. The second-order valence-electron chi connectivity index (χ2n) is 18.8. The zero-order valence-corrected chi connectivity index (χ0v) is 34.7. The van der Waals surface area contributed by atoms with E-state index in [2.05, 4.69) is 222 Å². The topological polar surface area (TPSA) is 3.24 Å². The van der Waals surface area contributed by atoms with Gasteiger partial charge >= 0.3 is 0 Å². The number of hydrogen-bond donors (Lipinski definition) is 0. The van der Waals surface area contributed by atoms with Crippen LogP contribution in [0.25, 0.3) is 44.5 Å². The van der Waals surface area contributed by atoms with Crippen LogP contribution in [0, 0.1) is 0 Å². The van der Waals surface area contributed by atoms with Gasteiger partial charge in [0.05, 0.1) is 16.8 Å². The molecule has 0 aromatic heterocycles. The van der Waals surface area contributed by atoms with E-state index >= 15 is 0 Å². The van der Waals surface area contributed by atoms with Crippen molar-refractivity contribution < 1.29 is 0 Å². The smallest absolute Gasteiger partial charge is 0.0746 e. The predicted molar refractivity (Wildman–Crippen MR) is 246 cm³/mol. The van der Waals surface area contributed by atoms with Gasteiger partial charge < -0.3 is 4.90 Å². The molecule has 0 saturated heterocycles. The highest BCUT2D eigenvalue weighted by Crippen LogP contribution is 2.66. The fourth-order valence-electron chi connectivity index (χ4n) is 12.0. The van der Waals surface area contributed by atoms with Gasteiger partial charge in [-0.3, -0.25) is 0 Å². The van der Waals surface area contributed by atoms with Crippen molar-refractivity contribution in [2.75, 3.05) is 4.90 Å². The molecule has 4 aliphatic carbocycles. The molecule has 0 fully saturated rings. The molecule has 0 unspecified atom stereocenters. The summed E-state index contributed by atoms with van der Waals surface area (Å²) in [6.45, 7) is 14.6. The molecule has 284 valence electrons. The third-order valence-electron chi connectivity index (χ3n) is 15.4. The maximum absolute atomic E-state index is 2.65. The van der Waals surface area contributed by atoms with Crippen molar-refractivity contribution in [2.45, 2.75) is 63.2 Å². The number of benzene rings is 8. The summed E-state index contributed by atoms with van der Waals surface area (Å²) in [6, 6.07) is 67.2. The molecule has 0 atom stereocenters. The predicted octanol–water partition coefficient (Wildman–Crippen LogP) is 15.0. The van der Waals surface area contributed by atoms with Crippen LogP contribution in [0.5, 0.6) is 0 Å². The molecule has 0 amide bonds. The van der Waals surface area contributed by atoms with Crippen molar-refractivity contribution in [1.82, 2.24) is 0 Å². The van der Waals surface area contributed by atoms with Crippen LogP contribution in [0.4, 0.5) is 17.1 Å². The van der Waals surface area contributed by atoms with Gasteiger partial charge in [-0.25, -0.2) is 0 Å². The third-order valence-corrected chi connectivity index (χ3v) is 15.4. The zero-order valence-electron chi connectivity index (χ0n) is 34.7. The second-order valence-corrected chi connectivity index (χ2v) is 18.8. The summed E-state index contributed by atoms with van der Waals surface area (Å²) in [6.07, 6.45) is 0. The van der Waals surface area contributed by atoms with Crippen LogP contribution in [0.3, 0.4) is 0 Å². The van der Waals surface area contributed by atoms with E-state index in [4.69, 9.17) is 0 Å². The van der Waals surface area contributed by atoms with Crippen molar-refractivity contribution in [3.8, 4) is 44.5 Å². The maximum Gasteiger partial charge on any atom is 0.0746 e. The number of anilines is 3. The molecule has 0 radical (unpaired) electrons. The lowest BCUT2D eigenvalue weighted by atomic mass is 9.55. The molecular formula is C58H47N. The summed E-state index contributed by atoms with van der Waals surface area (Å²) in [7, 11) is 0. The Bertz CT molecular complexity index is 3040. The number of fused-ring (bicyclic) bond motifs is 16. The van der Waals surface area contributed by atoms with Crippen LogP contribution in [0.15, 0.2) is 176 Å². The molecule has 0 N–H and O–H groups in total. The average Bonchev–Trinajstić information content (AvgIpc) is 3.83. The highest BCUT2D eigenvalue weighted by molar-refractivity contribution is 6.02. The molecule has 0 aliphatic heterocycles. The first-order valence-corrected chi connectivity index (χ1v) is 21.3. The monoisotopic (exact) mass is 757 g/mol. The fraction of sp³-hybridized carbons (Fsp3) is 0.172. The van der Waals surface area contributed by atoms with E-state index in [-0.39, 0.29) is 16.2 Å². The van der Waals surface area contributed by atoms with Crippen molar-refractivity contribution in [1.29, 1.82) is 0 Å². The minimum absolute atomic E-state index is 0.0893. The number of nitrogens with zero attached hydrogens (tertiary/aromatic N) is 1. The molecule has 0 heterocycles. The molecule has 1 nitrogen and oxygen atoms in total. The van der Waals surface area contributed by atoms with Gasteiger partial charge in [0, 0.05) is 22.2 Å². The quantitative estimate of drug-likeness (QED) is 0.173. The summed E-state index contributed by atoms with van der Waals surface area (Å²) in [4.78, 5) is 2.65. The van der Waals surface area contributed by atoms with E-state index in [9.17, 15) is 0 Å². The van der Waals surface area contributed by atoms with Crippen molar-refractivity contribution in [3.05, 3.63) is 220 Å². The van der Waals surface area contributed by atoms with E-state index < -0.39 is 5.41 Å². The molecule has 8 aromatic carbocycles. The maximum atomic E-state index is 2.65. The van der Waals surface area contributed by atoms with Gasteiger partial charge in [0.1, 0.15) is 0 Å². The molecule has 59 heavy (non-hydrogen) atoms. The molecule has 1 heteroatoms. The lowest BCUT2D eigenvalue weighted by molar-refractivity contribution is 0.299. The Balaban J connectivity index is 1.22. The molecule has 8 aromatic rings. The first-order valence-electron chi connectivity index (χ1n) is 21.3. The third kappa shape index (κ3) is 4.16. The molecule has 4 aliphatic rings. The van der Waals surface area contributed by atoms with E-state index in [0.717, 1.165) is 0 Å². The first-order chi connectivity index (χ1) is 28.6. The molecule has 1 spiro atoms. The van der Waals surface area contributed by atoms with Crippen LogP contribution < -0.4 is 4.90 Å². The van der Waals surface area contributed by atoms with Gasteiger partial charge in [0.2, 0.25) is 0 Å². The van der Waals surface area contributed by atoms with Crippen LogP contribution in [0.1, 0.15) is 86.1 Å². The average molecular weight is 758 g/mol. The van der Waals surface area contributed by atoms with Crippen LogP contribution in [-0.2, 0) is 21.7 Å². The van der Waals surface area contributed by atoms with E-state index in [1.54, 1.807) is 0 Å². The van der Waals surface area contributed by atoms with Crippen molar-refractivity contribution in [2.24, 2.45) is 0 Å². The Kier molecular flexibility index (Phi) is 6.80. The minimum atomic E-state index is -0.502. The van der Waals surface area contributed by atoms with E-state index in [1.165, 1.54) is 106 Å². The summed E-state index contributed by atoms with van der Waals surface area (Å²) < 4.78 is 0. The Hall–Kier alpha value is -6.44. The summed E-state index contributed by atoms with van der Waals surface area (Å²) in [5, 5.41) is 0. The normalized spacial score (nSPS) is 16.8. The van der Waals surface area contributed by atoms with Crippen molar-refractivity contribution in [3.63, 3.8) is 0 Å². The van der Waals surface area contributed by atoms with Gasteiger partial charge in [-0.05, 0) is 113 Å². The second kappa shape index (κ2) is 11.6. The lowest BCUT2D eigenvalue weighted by Gasteiger charge is -2.48. The van der Waals surface area contributed by atoms with Crippen molar-refractivity contribution >= 4 is 17.1 Å². The minimum Gasteiger partial charge on any atom is -0.309 e. The van der Waals surface area contributed by atoms with E-state index in [0.29, 0.717) is 0 Å². The number of hydrogen-bond acceptors (Lipinski definition) is 1. The van der Waals surface area contributed by atoms with Crippen LogP contribution in [-0.4, -0.2) is 0 Å². The van der Waals surface area contributed by atoms with Gasteiger partial charge in [-0.1, -0.05) is 193 Å². The Morgan fingerprint density at radius 1 is 0.322 bits per heavy atom.